The first-order valence-corrected chi connectivity index (χ1v) is 17.5. The Hall–Kier alpha value is -4.17. The summed E-state index contributed by atoms with van der Waals surface area (Å²) in [6.45, 7) is 9.73. The van der Waals surface area contributed by atoms with Crippen LogP contribution < -0.4 is 15.4 Å². The number of unbranched alkanes of at least 4 members (excludes halogenated alkanes) is 5. The Morgan fingerprint density at radius 2 is 1.63 bits per heavy atom. The van der Waals surface area contributed by atoms with E-state index in [1.807, 2.05) is 0 Å². The van der Waals surface area contributed by atoms with E-state index >= 15 is 0 Å². The predicted molar refractivity (Wildman–Crippen MR) is 191 cm³/mol. The normalized spacial score (nSPS) is 21.8. The minimum Gasteiger partial charge on any atom is -0.504 e. The van der Waals surface area contributed by atoms with Gasteiger partial charge in [0.1, 0.15) is 29.6 Å². The van der Waals surface area contributed by atoms with Gasteiger partial charge in [0.05, 0.1) is 24.4 Å². The average Bonchev–Trinajstić information content (AvgIpc) is 3.05. The number of hydrogen-bond donors (Lipinski definition) is 7. The van der Waals surface area contributed by atoms with Gasteiger partial charge >= 0.3 is 5.97 Å². The highest BCUT2D eigenvalue weighted by Gasteiger charge is 2.51. The van der Waals surface area contributed by atoms with Crippen LogP contribution in [0.2, 0.25) is 0 Å². The predicted octanol–water partition coefficient (Wildman–Crippen LogP) is 4.34. The Morgan fingerprint density at radius 1 is 0.961 bits per heavy atom. The third-order valence-corrected chi connectivity index (χ3v) is 8.43. The van der Waals surface area contributed by atoms with Crippen molar-refractivity contribution in [2.24, 2.45) is 0 Å². The number of nitrogens with one attached hydrogen (secondary N) is 2. The number of phenolic OH excluding ortho intramolecular Hbond substituents is 2. The lowest BCUT2D eigenvalue weighted by Gasteiger charge is -2.41. The fraction of sp³-hybridized carbons (Fsp3) is 0.553. The highest BCUT2D eigenvalue weighted by molar-refractivity contribution is 5.99. The highest BCUT2D eigenvalue weighted by atomic mass is 16.6. The van der Waals surface area contributed by atoms with Gasteiger partial charge in [0.15, 0.2) is 11.5 Å². The van der Waals surface area contributed by atoms with E-state index in [0.717, 1.165) is 18.9 Å². The van der Waals surface area contributed by atoms with E-state index in [0.29, 0.717) is 23.6 Å². The first kappa shape index (κ1) is 41.3. The SMILES string of the molecule is CCCCCCCCOc1ccc(NC(=O)C(NC(=O)[C@]2(O)C[C@@H](O)C(O)[C@H](OC(=O)/C=C/c3ccc(O)c(O)c3)C2)C(C)OC(C)(C)C)cc1. The molecule has 1 saturated carbocycles. The van der Waals surface area contributed by atoms with Crippen molar-refractivity contribution in [1.82, 2.24) is 5.32 Å². The quantitative estimate of drug-likeness (QED) is 0.0532. The third kappa shape index (κ3) is 13.1. The van der Waals surface area contributed by atoms with Crippen molar-refractivity contribution in [2.75, 3.05) is 11.9 Å². The van der Waals surface area contributed by atoms with Crippen LogP contribution in [0.3, 0.4) is 0 Å². The van der Waals surface area contributed by atoms with Crippen molar-refractivity contribution in [3.63, 3.8) is 0 Å². The van der Waals surface area contributed by atoms with Crippen LogP contribution in [-0.2, 0) is 23.9 Å². The zero-order valence-corrected chi connectivity index (χ0v) is 30.1. The van der Waals surface area contributed by atoms with E-state index in [-0.39, 0.29) is 5.75 Å². The number of benzene rings is 2. The van der Waals surface area contributed by atoms with Crippen molar-refractivity contribution >= 4 is 29.5 Å². The lowest BCUT2D eigenvalue weighted by atomic mass is 9.78. The maximum absolute atomic E-state index is 13.6. The maximum Gasteiger partial charge on any atom is 0.331 e. The van der Waals surface area contributed by atoms with Gasteiger partial charge in [-0.3, -0.25) is 9.59 Å². The zero-order valence-electron chi connectivity index (χ0n) is 30.1. The first-order chi connectivity index (χ1) is 24.0. The number of esters is 1. The van der Waals surface area contributed by atoms with Gasteiger partial charge in [-0.25, -0.2) is 4.79 Å². The topological polar surface area (TPSA) is 204 Å². The van der Waals surface area contributed by atoms with Crippen LogP contribution >= 0.6 is 0 Å². The number of ether oxygens (including phenoxy) is 3. The summed E-state index contributed by atoms with van der Waals surface area (Å²) >= 11 is 0. The Morgan fingerprint density at radius 3 is 2.27 bits per heavy atom. The van der Waals surface area contributed by atoms with E-state index in [4.69, 9.17) is 14.2 Å². The number of carbonyl (C=O) groups is 3. The van der Waals surface area contributed by atoms with E-state index in [2.05, 4.69) is 17.6 Å². The van der Waals surface area contributed by atoms with Gasteiger partial charge in [0.25, 0.3) is 5.91 Å². The second-order valence-corrected chi connectivity index (χ2v) is 14.1. The van der Waals surface area contributed by atoms with Crippen molar-refractivity contribution in [3.8, 4) is 17.2 Å². The summed E-state index contributed by atoms with van der Waals surface area (Å²) < 4.78 is 17.1. The number of aliphatic hydroxyl groups is 3. The lowest BCUT2D eigenvalue weighted by Crippen LogP contribution is -2.63. The molecule has 2 aromatic carbocycles. The Labute approximate surface area is 299 Å². The molecule has 51 heavy (non-hydrogen) atoms. The average molecular weight is 715 g/mol. The Balaban J connectivity index is 1.67. The molecule has 2 amide bonds. The second-order valence-electron chi connectivity index (χ2n) is 14.1. The number of phenols is 2. The summed E-state index contributed by atoms with van der Waals surface area (Å²) in [5, 5.41) is 57.1. The molecule has 7 N–H and O–H groups in total. The van der Waals surface area contributed by atoms with E-state index in [9.17, 15) is 39.9 Å². The van der Waals surface area contributed by atoms with Crippen molar-refractivity contribution in [3.05, 3.63) is 54.1 Å². The number of carbonyl (C=O) groups excluding carboxylic acids is 3. The molecule has 3 unspecified atom stereocenters. The van der Waals surface area contributed by atoms with Crippen molar-refractivity contribution in [1.29, 1.82) is 0 Å². The molecule has 282 valence electrons. The van der Waals surface area contributed by atoms with Crippen molar-refractivity contribution in [2.45, 2.75) is 128 Å². The molecule has 13 nitrogen and oxygen atoms in total. The zero-order chi connectivity index (χ0) is 37.8. The number of hydrogen-bond acceptors (Lipinski definition) is 11. The minimum absolute atomic E-state index is 0.344. The largest absolute Gasteiger partial charge is 0.504 e. The maximum atomic E-state index is 13.6. The molecule has 0 aromatic heterocycles. The van der Waals surface area contributed by atoms with Gasteiger partial charge in [0, 0.05) is 24.6 Å². The van der Waals surface area contributed by atoms with Crippen LogP contribution in [0, 0.1) is 0 Å². The van der Waals surface area contributed by atoms with Crippen LogP contribution in [0.4, 0.5) is 5.69 Å². The molecule has 13 heteroatoms. The monoisotopic (exact) mass is 714 g/mol. The molecule has 1 aliphatic carbocycles. The molecule has 6 atom stereocenters. The van der Waals surface area contributed by atoms with Gasteiger partial charge in [-0.15, -0.1) is 0 Å². The number of rotatable bonds is 17. The molecule has 0 spiro atoms. The molecule has 2 aromatic rings. The summed E-state index contributed by atoms with van der Waals surface area (Å²) in [5.74, 6) is -2.72. The first-order valence-electron chi connectivity index (χ1n) is 17.5. The Kier molecular flexibility index (Phi) is 15.3. The molecule has 3 rings (SSSR count). The fourth-order valence-electron chi connectivity index (χ4n) is 5.77. The van der Waals surface area contributed by atoms with Gasteiger partial charge in [0.2, 0.25) is 5.91 Å². The molecular formula is C38H54N2O11. The van der Waals surface area contributed by atoms with E-state index < -0.39 is 78.0 Å². The van der Waals surface area contributed by atoms with Crippen LogP contribution in [0.1, 0.15) is 91.5 Å². The molecule has 0 bridgehead atoms. The summed E-state index contributed by atoms with van der Waals surface area (Å²) in [6, 6.07) is 9.37. The molecule has 0 heterocycles. The van der Waals surface area contributed by atoms with Crippen LogP contribution in [0.15, 0.2) is 48.5 Å². The number of anilines is 1. The van der Waals surface area contributed by atoms with Gasteiger partial charge in [-0.1, -0.05) is 45.1 Å². The van der Waals surface area contributed by atoms with Crippen LogP contribution in [0.25, 0.3) is 6.08 Å². The second kappa shape index (κ2) is 18.9. The van der Waals surface area contributed by atoms with Crippen LogP contribution in [-0.4, -0.2) is 91.6 Å². The van der Waals surface area contributed by atoms with Crippen LogP contribution in [0.5, 0.6) is 17.2 Å². The number of aliphatic hydroxyl groups excluding tert-OH is 2. The summed E-state index contributed by atoms with van der Waals surface area (Å²) in [7, 11) is 0. The highest BCUT2D eigenvalue weighted by Crippen LogP contribution is 2.32. The number of amides is 2. The van der Waals surface area contributed by atoms with Gasteiger partial charge in [-0.2, -0.15) is 0 Å². The summed E-state index contributed by atoms with van der Waals surface area (Å²) in [6.07, 6.45) is 2.33. The lowest BCUT2D eigenvalue weighted by molar-refractivity contribution is -0.188. The van der Waals surface area contributed by atoms with E-state index in [1.54, 1.807) is 52.0 Å². The van der Waals surface area contributed by atoms with Gasteiger partial charge in [-0.05, 0) is 82.2 Å². The summed E-state index contributed by atoms with van der Waals surface area (Å²) in [4.78, 5) is 39.8. The van der Waals surface area contributed by atoms with Crippen molar-refractivity contribution < 1.29 is 54.1 Å². The molecule has 1 fully saturated rings. The molecule has 0 aliphatic heterocycles. The molecular weight excluding hydrogens is 660 g/mol. The molecule has 0 radical (unpaired) electrons. The van der Waals surface area contributed by atoms with E-state index in [1.165, 1.54) is 50.0 Å². The molecule has 0 saturated heterocycles. The minimum atomic E-state index is -2.34. The smallest absolute Gasteiger partial charge is 0.331 e. The standard InChI is InChI=1S/C38H54N2O11/c1-6-7-8-9-10-11-20-49-27-16-14-26(15-17-27)39-35(46)33(24(2)51-37(3,4)5)40-36(47)38(48)22-30(43)34(45)31(23-38)50-32(44)19-13-25-12-18-28(41)29(42)21-25/h12-19,21,24,30-31,33-34,41-43,45,48H,6-11,20,22-23H2,1-5H3,(H,39,46)(H,40,47)/b19-13+/t24?,30-,31-,33?,34?,38+/m1/s1. The third-order valence-electron chi connectivity index (χ3n) is 8.43. The van der Waals surface area contributed by atoms with Gasteiger partial charge < -0.3 is 50.4 Å². The number of aromatic hydroxyl groups is 2. The summed E-state index contributed by atoms with van der Waals surface area (Å²) in [5.41, 5.74) is -2.26. The Bertz CT molecular complexity index is 1470. The fourth-order valence-corrected chi connectivity index (χ4v) is 5.77. The molecule has 1 aliphatic rings.